The number of nitrogens with one attached hydrogen (secondary N) is 1. The van der Waals surface area contributed by atoms with Crippen LogP contribution in [-0.2, 0) is 0 Å². The molecule has 0 spiro atoms. The van der Waals surface area contributed by atoms with Crippen molar-refractivity contribution in [3.63, 3.8) is 0 Å². The lowest BCUT2D eigenvalue weighted by molar-refractivity contribution is 0.327. The predicted octanol–water partition coefficient (Wildman–Crippen LogP) is 1.77. The third kappa shape index (κ3) is 1.68. The molecule has 1 heterocycles. The van der Waals surface area contributed by atoms with Crippen LogP contribution >= 0.6 is 0 Å². The summed E-state index contributed by atoms with van der Waals surface area (Å²) in [5.74, 6) is 1.60. The van der Waals surface area contributed by atoms with Crippen molar-refractivity contribution >= 4 is 0 Å². The van der Waals surface area contributed by atoms with Gasteiger partial charge >= 0.3 is 0 Å². The predicted molar refractivity (Wildman–Crippen MR) is 53.2 cm³/mol. The minimum atomic E-state index is 0.538. The zero-order valence-corrected chi connectivity index (χ0v) is 7.92. The Bertz CT molecular complexity index is 285. The summed E-state index contributed by atoms with van der Waals surface area (Å²) >= 11 is 0. The van der Waals surface area contributed by atoms with Crippen molar-refractivity contribution in [3.8, 4) is 5.75 Å². The second-order valence-corrected chi connectivity index (χ2v) is 3.35. The maximum atomic E-state index is 5.57. The average Bonchev–Trinajstić information content (AvgIpc) is 2.58. The van der Waals surface area contributed by atoms with Crippen LogP contribution in [0.25, 0.3) is 0 Å². The lowest BCUT2D eigenvalue weighted by atomic mass is 10.0. The molecule has 0 saturated carbocycles. The molecular weight excluding hydrogens is 162 g/mol. The van der Waals surface area contributed by atoms with Crippen molar-refractivity contribution < 1.29 is 4.74 Å². The van der Waals surface area contributed by atoms with Crippen LogP contribution in [0.1, 0.15) is 18.4 Å². The van der Waals surface area contributed by atoms with Crippen LogP contribution in [0.4, 0.5) is 0 Å². The largest absolute Gasteiger partial charge is 0.493 e. The van der Waals surface area contributed by atoms with Gasteiger partial charge in [0.05, 0.1) is 6.61 Å². The quantitative estimate of drug-likeness (QED) is 0.759. The number of para-hydroxylation sites is 1. The lowest BCUT2D eigenvalue weighted by Crippen LogP contribution is -2.21. The molecule has 0 radical (unpaired) electrons. The summed E-state index contributed by atoms with van der Waals surface area (Å²) in [6.45, 7) is 5.00. The molecule has 0 saturated heterocycles. The highest BCUT2D eigenvalue weighted by Gasteiger charge is 2.22. The molecule has 1 atom stereocenters. The molecule has 2 heteroatoms. The summed E-state index contributed by atoms with van der Waals surface area (Å²) in [5.41, 5.74) is 1.35. The molecule has 1 N–H and O–H groups in total. The van der Waals surface area contributed by atoms with Gasteiger partial charge in [0, 0.05) is 18.0 Å². The summed E-state index contributed by atoms with van der Waals surface area (Å²) in [7, 11) is 0. The van der Waals surface area contributed by atoms with Gasteiger partial charge in [-0.2, -0.15) is 0 Å². The van der Waals surface area contributed by atoms with Gasteiger partial charge in [-0.05, 0) is 12.6 Å². The summed E-state index contributed by atoms with van der Waals surface area (Å²) in [6.07, 6.45) is 0. The van der Waals surface area contributed by atoms with E-state index in [0.717, 1.165) is 25.4 Å². The van der Waals surface area contributed by atoms with Crippen molar-refractivity contribution in [1.29, 1.82) is 0 Å². The van der Waals surface area contributed by atoms with Gasteiger partial charge in [-0.15, -0.1) is 0 Å². The number of hydrogen-bond acceptors (Lipinski definition) is 2. The van der Waals surface area contributed by atoms with Crippen molar-refractivity contribution in [3.05, 3.63) is 29.8 Å². The molecule has 13 heavy (non-hydrogen) atoms. The van der Waals surface area contributed by atoms with Gasteiger partial charge < -0.3 is 10.1 Å². The molecular formula is C11H15NO. The Morgan fingerprint density at radius 2 is 2.31 bits per heavy atom. The van der Waals surface area contributed by atoms with Gasteiger partial charge in [0.2, 0.25) is 0 Å². The minimum Gasteiger partial charge on any atom is -0.493 e. The Kier molecular flexibility index (Phi) is 2.50. The van der Waals surface area contributed by atoms with Crippen LogP contribution in [0.5, 0.6) is 5.75 Å². The Labute approximate surface area is 78.9 Å². The molecule has 2 rings (SSSR count). The third-order valence-corrected chi connectivity index (χ3v) is 2.44. The van der Waals surface area contributed by atoms with Gasteiger partial charge in [-0.25, -0.2) is 0 Å². The number of hydrogen-bond donors (Lipinski definition) is 1. The topological polar surface area (TPSA) is 21.3 Å². The smallest absolute Gasteiger partial charge is 0.122 e. The number of fused-ring (bicyclic) bond motifs is 1. The molecule has 0 aromatic heterocycles. The summed E-state index contributed by atoms with van der Waals surface area (Å²) < 4.78 is 5.57. The number of likely N-dealkylation sites (N-methyl/N-ethyl adjacent to an activating group) is 1. The maximum Gasteiger partial charge on any atom is 0.122 e. The molecule has 1 unspecified atom stereocenters. The van der Waals surface area contributed by atoms with Gasteiger partial charge in [0.25, 0.3) is 0 Å². The van der Waals surface area contributed by atoms with Crippen LogP contribution in [0, 0.1) is 0 Å². The van der Waals surface area contributed by atoms with Crippen LogP contribution in [-0.4, -0.2) is 19.7 Å². The van der Waals surface area contributed by atoms with E-state index < -0.39 is 0 Å². The molecule has 1 aromatic carbocycles. The molecule has 0 bridgehead atoms. The fourth-order valence-corrected chi connectivity index (χ4v) is 1.72. The highest BCUT2D eigenvalue weighted by Crippen LogP contribution is 2.32. The molecule has 70 valence electrons. The second kappa shape index (κ2) is 3.79. The van der Waals surface area contributed by atoms with Crippen LogP contribution in [0.2, 0.25) is 0 Å². The summed E-state index contributed by atoms with van der Waals surface area (Å²) in [6, 6.07) is 8.30. The Morgan fingerprint density at radius 1 is 1.46 bits per heavy atom. The fourth-order valence-electron chi connectivity index (χ4n) is 1.72. The van der Waals surface area contributed by atoms with Gasteiger partial charge in [-0.1, -0.05) is 25.1 Å². The Balaban J connectivity index is 2.09. The van der Waals surface area contributed by atoms with E-state index in [2.05, 4.69) is 24.4 Å². The van der Waals surface area contributed by atoms with E-state index in [-0.39, 0.29) is 0 Å². The van der Waals surface area contributed by atoms with E-state index in [0.29, 0.717) is 5.92 Å². The van der Waals surface area contributed by atoms with Crippen molar-refractivity contribution in [2.75, 3.05) is 19.7 Å². The zero-order valence-electron chi connectivity index (χ0n) is 7.92. The molecule has 0 amide bonds. The van der Waals surface area contributed by atoms with Crippen molar-refractivity contribution in [2.45, 2.75) is 12.8 Å². The monoisotopic (exact) mass is 177 g/mol. The first-order valence-electron chi connectivity index (χ1n) is 4.84. The van der Waals surface area contributed by atoms with E-state index >= 15 is 0 Å². The van der Waals surface area contributed by atoms with E-state index in [1.165, 1.54) is 5.56 Å². The number of benzene rings is 1. The number of rotatable bonds is 3. The average molecular weight is 177 g/mol. The maximum absolute atomic E-state index is 5.57. The Morgan fingerprint density at radius 3 is 3.15 bits per heavy atom. The highest BCUT2D eigenvalue weighted by atomic mass is 16.5. The standard InChI is InChI=1S/C11H15NO/c1-2-12-7-9-8-13-11-6-4-3-5-10(9)11/h3-6,9,12H,2,7-8H2,1H3. The van der Waals surface area contributed by atoms with E-state index in [1.807, 2.05) is 12.1 Å². The van der Waals surface area contributed by atoms with Gasteiger partial charge in [-0.3, -0.25) is 0 Å². The SMILES string of the molecule is CCNCC1COc2ccccc21. The normalized spacial score (nSPS) is 19.6. The molecule has 1 aromatic rings. The van der Waals surface area contributed by atoms with Crippen molar-refractivity contribution in [2.24, 2.45) is 0 Å². The molecule has 2 nitrogen and oxygen atoms in total. The first kappa shape index (κ1) is 8.57. The number of ether oxygens (including phenoxy) is 1. The lowest BCUT2D eigenvalue weighted by Gasteiger charge is -2.08. The third-order valence-electron chi connectivity index (χ3n) is 2.44. The fraction of sp³-hybridized carbons (Fsp3) is 0.455. The van der Waals surface area contributed by atoms with Crippen LogP contribution in [0.3, 0.4) is 0 Å². The Hall–Kier alpha value is -1.02. The summed E-state index contributed by atoms with van der Waals surface area (Å²) in [4.78, 5) is 0. The minimum absolute atomic E-state index is 0.538. The van der Waals surface area contributed by atoms with Crippen molar-refractivity contribution in [1.82, 2.24) is 5.32 Å². The van der Waals surface area contributed by atoms with E-state index in [1.54, 1.807) is 0 Å². The van der Waals surface area contributed by atoms with Crippen LogP contribution in [0.15, 0.2) is 24.3 Å². The second-order valence-electron chi connectivity index (χ2n) is 3.35. The van der Waals surface area contributed by atoms with Gasteiger partial charge in [0.1, 0.15) is 5.75 Å². The highest BCUT2D eigenvalue weighted by molar-refractivity contribution is 5.39. The first-order chi connectivity index (χ1) is 6.42. The molecule has 1 aliphatic heterocycles. The van der Waals surface area contributed by atoms with E-state index in [4.69, 9.17) is 4.74 Å². The zero-order chi connectivity index (χ0) is 9.10. The molecule has 0 aliphatic carbocycles. The molecule has 1 aliphatic rings. The van der Waals surface area contributed by atoms with Crippen LogP contribution < -0.4 is 10.1 Å². The first-order valence-corrected chi connectivity index (χ1v) is 4.84. The molecule has 0 fully saturated rings. The summed E-state index contributed by atoms with van der Waals surface area (Å²) in [5, 5.41) is 3.35. The van der Waals surface area contributed by atoms with Gasteiger partial charge in [0.15, 0.2) is 0 Å². The van der Waals surface area contributed by atoms with E-state index in [9.17, 15) is 0 Å².